The highest BCUT2D eigenvalue weighted by Crippen LogP contribution is 2.07. The number of anilines is 1. The number of benzene rings is 1. The Balaban J connectivity index is 1.82. The third-order valence-corrected chi connectivity index (χ3v) is 3.17. The Bertz CT molecular complexity index is 760. The standard InChI is InChI=1S/C17H16FN3O3/c1-12(22)13-3-2-8-21(10-13)11-17(24)19-9-16(23)20-15-6-4-14(18)5-7-15/h2-8,10H,9,11H2,1H3,(H-,19,20,23,24)/p+1. The van der Waals surface area contributed by atoms with Crippen molar-refractivity contribution in [2.75, 3.05) is 11.9 Å². The van der Waals surface area contributed by atoms with E-state index < -0.39 is 11.7 Å². The summed E-state index contributed by atoms with van der Waals surface area (Å²) in [5.41, 5.74) is 0.943. The van der Waals surface area contributed by atoms with Crippen molar-refractivity contribution in [3.8, 4) is 0 Å². The number of hydrogen-bond acceptors (Lipinski definition) is 3. The van der Waals surface area contributed by atoms with E-state index in [1.807, 2.05) is 0 Å². The number of carbonyl (C=O) groups is 3. The SMILES string of the molecule is CC(=O)c1ccc[n+](CC(=O)NCC(=O)Nc2ccc(F)cc2)c1. The lowest BCUT2D eigenvalue weighted by molar-refractivity contribution is -0.684. The molecule has 0 saturated carbocycles. The fourth-order valence-electron chi connectivity index (χ4n) is 1.97. The van der Waals surface area contributed by atoms with Crippen molar-refractivity contribution in [1.29, 1.82) is 0 Å². The number of amides is 2. The highest BCUT2D eigenvalue weighted by molar-refractivity contribution is 5.94. The van der Waals surface area contributed by atoms with E-state index in [9.17, 15) is 18.8 Å². The van der Waals surface area contributed by atoms with Crippen LogP contribution in [0.15, 0.2) is 48.8 Å². The molecule has 0 aliphatic rings. The molecule has 7 heteroatoms. The molecule has 2 aromatic rings. The minimum absolute atomic E-state index is 0.00898. The van der Waals surface area contributed by atoms with Gasteiger partial charge in [0.2, 0.25) is 12.5 Å². The average Bonchev–Trinajstić information content (AvgIpc) is 2.55. The zero-order valence-electron chi connectivity index (χ0n) is 13.1. The summed E-state index contributed by atoms with van der Waals surface area (Å²) in [5.74, 6) is -1.28. The Kier molecular flexibility index (Phi) is 5.73. The minimum Gasteiger partial charge on any atom is -0.342 e. The average molecular weight is 330 g/mol. The quantitative estimate of drug-likeness (QED) is 0.614. The van der Waals surface area contributed by atoms with Crippen LogP contribution in [0, 0.1) is 5.82 Å². The highest BCUT2D eigenvalue weighted by Gasteiger charge is 2.12. The zero-order valence-corrected chi connectivity index (χ0v) is 13.1. The van der Waals surface area contributed by atoms with Gasteiger partial charge in [0.15, 0.2) is 18.2 Å². The van der Waals surface area contributed by atoms with Gasteiger partial charge in [-0.15, -0.1) is 0 Å². The summed E-state index contributed by atoms with van der Waals surface area (Å²) in [4.78, 5) is 34.9. The molecular weight excluding hydrogens is 313 g/mol. The van der Waals surface area contributed by atoms with Crippen LogP contribution < -0.4 is 15.2 Å². The molecule has 0 unspecified atom stereocenters. The Hall–Kier alpha value is -3.09. The normalized spacial score (nSPS) is 10.1. The van der Waals surface area contributed by atoms with Crippen LogP contribution in [0.3, 0.4) is 0 Å². The van der Waals surface area contributed by atoms with E-state index in [0.717, 1.165) is 0 Å². The lowest BCUT2D eigenvalue weighted by atomic mass is 10.2. The van der Waals surface area contributed by atoms with E-state index in [0.29, 0.717) is 11.3 Å². The maximum Gasteiger partial charge on any atom is 0.286 e. The van der Waals surface area contributed by atoms with E-state index in [2.05, 4.69) is 10.6 Å². The van der Waals surface area contributed by atoms with Gasteiger partial charge in [-0.05, 0) is 37.3 Å². The number of hydrogen-bond donors (Lipinski definition) is 2. The number of pyridine rings is 1. The van der Waals surface area contributed by atoms with E-state index in [1.165, 1.54) is 31.2 Å². The molecule has 0 spiro atoms. The number of nitrogens with one attached hydrogen (secondary N) is 2. The molecule has 0 aliphatic heterocycles. The lowest BCUT2D eigenvalue weighted by Gasteiger charge is -2.06. The zero-order chi connectivity index (χ0) is 17.5. The van der Waals surface area contributed by atoms with Gasteiger partial charge in [0.1, 0.15) is 5.82 Å². The molecule has 2 N–H and O–H groups in total. The van der Waals surface area contributed by atoms with Crippen molar-refractivity contribution in [3.05, 3.63) is 60.2 Å². The van der Waals surface area contributed by atoms with Crippen LogP contribution in [-0.2, 0) is 16.1 Å². The Morgan fingerprint density at radius 1 is 1.08 bits per heavy atom. The number of ketones is 1. The molecule has 1 aromatic heterocycles. The number of nitrogens with zero attached hydrogens (tertiary/aromatic N) is 1. The van der Waals surface area contributed by atoms with Crippen molar-refractivity contribution in [2.24, 2.45) is 0 Å². The van der Waals surface area contributed by atoms with Crippen LogP contribution in [-0.4, -0.2) is 24.1 Å². The Labute approximate surface area is 138 Å². The molecular formula is C17H17FN3O3+. The topological polar surface area (TPSA) is 79.2 Å². The van der Waals surface area contributed by atoms with E-state index in [1.54, 1.807) is 29.1 Å². The fraction of sp³-hybridized carbons (Fsp3) is 0.176. The third kappa shape index (κ3) is 5.28. The van der Waals surface area contributed by atoms with Gasteiger partial charge in [0.25, 0.3) is 5.91 Å². The first-order chi connectivity index (χ1) is 11.4. The van der Waals surface area contributed by atoms with Gasteiger partial charge in [0, 0.05) is 11.8 Å². The Morgan fingerprint density at radius 2 is 1.79 bits per heavy atom. The second-order valence-corrected chi connectivity index (χ2v) is 5.15. The van der Waals surface area contributed by atoms with Crippen molar-refractivity contribution in [3.63, 3.8) is 0 Å². The Morgan fingerprint density at radius 3 is 2.46 bits per heavy atom. The maximum atomic E-state index is 12.8. The van der Waals surface area contributed by atoms with Gasteiger partial charge in [0.05, 0.1) is 12.1 Å². The van der Waals surface area contributed by atoms with Crippen LogP contribution in [0.5, 0.6) is 0 Å². The number of Topliss-reactive ketones (excluding diaryl/α,β-unsaturated/α-hetero) is 1. The summed E-state index contributed by atoms with van der Waals surface area (Å²) >= 11 is 0. The van der Waals surface area contributed by atoms with Crippen molar-refractivity contribution >= 4 is 23.3 Å². The van der Waals surface area contributed by atoms with Crippen molar-refractivity contribution in [1.82, 2.24) is 5.32 Å². The van der Waals surface area contributed by atoms with Gasteiger partial charge in [-0.1, -0.05) is 0 Å². The number of aromatic nitrogens is 1. The largest absolute Gasteiger partial charge is 0.342 e. The molecule has 1 heterocycles. The minimum atomic E-state index is -0.419. The summed E-state index contributed by atoms with van der Waals surface area (Å²) < 4.78 is 14.3. The maximum absolute atomic E-state index is 12.8. The van der Waals surface area contributed by atoms with E-state index in [-0.39, 0.29) is 24.8 Å². The first kappa shape index (κ1) is 17.3. The fourth-order valence-corrected chi connectivity index (χ4v) is 1.97. The molecule has 2 amide bonds. The molecule has 1 aromatic carbocycles. The molecule has 2 rings (SSSR count). The molecule has 0 fully saturated rings. The van der Waals surface area contributed by atoms with Crippen LogP contribution in [0.25, 0.3) is 0 Å². The van der Waals surface area contributed by atoms with Crippen LogP contribution in [0.2, 0.25) is 0 Å². The van der Waals surface area contributed by atoms with Crippen LogP contribution >= 0.6 is 0 Å². The van der Waals surface area contributed by atoms with Crippen molar-refractivity contribution < 1.29 is 23.3 Å². The van der Waals surface area contributed by atoms with Gasteiger partial charge in [-0.25, -0.2) is 4.39 Å². The predicted molar refractivity (Wildman–Crippen MR) is 84.7 cm³/mol. The summed E-state index contributed by atoms with van der Waals surface area (Å²) in [5, 5.41) is 5.02. The number of halogens is 1. The predicted octanol–water partition coefficient (Wildman–Crippen LogP) is 1.07. The summed E-state index contributed by atoms with van der Waals surface area (Å²) in [6.45, 7) is 1.23. The monoisotopic (exact) mass is 330 g/mol. The number of rotatable bonds is 6. The first-order valence-corrected chi connectivity index (χ1v) is 7.26. The van der Waals surface area contributed by atoms with Crippen LogP contribution in [0.1, 0.15) is 17.3 Å². The second-order valence-electron chi connectivity index (χ2n) is 5.15. The molecule has 0 saturated heterocycles. The van der Waals surface area contributed by atoms with Gasteiger partial charge >= 0.3 is 0 Å². The smallest absolute Gasteiger partial charge is 0.286 e. The van der Waals surface area contributed by atoms with E-state index >= 15 is 0 Å². The van der Waals surface area contributed by atoms with Gasteiger partial charge in [-0.2, -0.15) is 4.57 Å². The van der Waals surface area contributed by atoms with E-state index in [4.69, 9.17) is 0 Å². The lowest BCUT2D eigenvalue weighted by Crippen LogP contribution is -2.44. The van der Waals surface area contributed by atoms with Crippen LogP contribution in [0.4, 0.5) is 10.1 Å². The molecule has 124 valence electrons. The summed E-state index contributed by atoms with van der Waals surface area (Å²) in [7, 11) is 0. The molecule has 0 bridgehead atoms. The summed E-state index contributed by atoms with van der Waals surface area (Å²) in [6, 6.07) is 8.65. The third-order valence-electron chi connectivity index (χ3n) is 3.17. The highest BCUT2D eigenvalue weighted by atomic mass is 19.1. The molecule has 0 aliphatic carbocycles. The molecule has 6 nitrogen and oxygen atoms in total. The molecule has 0 radical (unpaired) electrons. The first-order valence-electron chi connectivity index (χ1n) is 7.26. The molecule has 0 atom stereocenters. The number of carbonyl (C=O) groups excluding carboxylic acids is 3. The van der Waals surface area contributed by atoms with Crippen molar-refractivity contribution in [2.45, 2.75) is 13.5 Å². The van der Waals surface area contributed by atoms with Gasteiger partial charge in [-0.3, -0.25) is 14.4 Å². The second kappa shape index (κ2) is 7.96. The van der Waals surface area contributed by atoms with Gasteiger partial charge < -0.3 is 10.6 Å². The molecule has 24 heavy (non-hydrogen) atoms. The summed E-state index contributed by atoms with van der Waals surface area (Å²) in [6.07, 6.45) is 3.23.